The molecule has 2 aromatic rings. The number of aromatic amines is 1. The Balaban J connectivity index is 1.84. The first-order chi connectivity index (χ1) is 11.2. The summed E-state index contributed by atoms with van der Waals surface area (Å²) in [5.74, 6) is 1.05. The molecule has 1 aliphatic heterocycles. The van der Waals surface area contributed by atoms with Gasteiger partial charge in [0.1, 0.15) is 11.5 Å². The summed E-state index contributed by atoms with van der Waals surface area (Å²) in [4.78, 5) is 17.0. The van der Waals surface area contributed by atoms with E-state index < -0.39 is 0 Å². The van der Waals surface area contributed by atoms with Gasteiger partial charge in [0.15, 0.2) is 0 Å². The van der Waals surface area contributed by atoms with Crippen LogP contribution in [0.15, 0.2) is 18.5 Å². The predicted octanol–water partition coefficient (Wildman–Crippen LogP) is 1.83. The summed E-state index contributed by atoms with van der Waals surface area (Å²) in [5.41, 5.74) is 1.28. The number of ether oxygens (including phenoxy) is 1. The van der Waals surface area contributed by atoms with Crippen molar-refractivity contribution in [1.29, 1.82) is 0 Å². The molecule has 2 N–H and O–H groups in total. The molecule has 1 amide bonds. The van der Waals surface area contributed by atoms with Crippen molar-refractivity contribution in [1.82, 2.24) is 25.1 Å². The maximum atomic E-state index is 12.5. The van der Waals surface area contributed by atoms with Gasteiger partial charge in [-0.05, 0) is 38.7 Å². The third kappa shape index (κ3) is 3.44. The molecule has 1 atom stereocenters. The number of amides is 1. The van der Waals surface area contributed by atoms with Gasteiger partial charge in [0.25, 0.3) is 5.91 Å². The second-order valence-corrected chi connectivity index (χ2v) is 5.91. The molecule has 1 aliphatic rings. The number of aryl methyl sites for hydroxylation is 2. The van der Waals surface area contributed by atoms with Crippen molar-refractivity contribution in [2.75, 3.05) is 13.2 Å². The van der Waals surface area contributed by atoms with Gasteiger partial charge in [-0.15, -0.1) is 0 Å². The molecule has 0 unspecified atom stereocenters. The minimum absolute atomic E-state index is 0.127. The molecule has 3 heterocycles. The molecule has 0 saturated carbocycles. The van der Waals surface area contributed by atoms with Gasteiger partial charge in [0, 0.05) is 37.8 Å². The van der Waals surface area contributed by atoms with Crippen LogP contribution in [0.4, 0.5) is 0 Å². The van der Waals surface area contributed by atoms with Crippen molar-refractivity contribution in [2.24, 2.45) is 5.92 Å². The number of carbonyl (C=O) groups excluding carboxylic acids is 1. The largest absolute Gasteiger partial charge is 0.381 e. The molecule has 0 spiro atoms. The Bertz CT molecular complexity index is 657. The Morgan fingerprint density at radius 2 is 2.30 bits per heavy atom. The maximum absolute atomic E-state index is 12.5. The number of rotatable bonds is 5. The lowest BCUT2D eigenvalue weighted by Gasteiger charge is -2.30. The zero-order valence-electron chi connectivity index (χ0n) is 13.6. The molecule has 124 valence electrons. The Hall–Kier alpha value is -2.15. The zero-order chi connectivity index (χ0) is 16.2. The summed E-state index contributed by atoms with van der Waals surface area (Å²) in [7, 11) is 0. The van der Waals surface area contributed by atoms with Crippen molar-refractivity contribution in [3.8, 4) is 0 Å². The molecule has 23 heavy (non-hydrogen) atoms. The summed E-state index contributed by atoms with van der Waals surface area (Å²) in [5, 5.41) is 9.99. The second kappa shape index (κ2) is 6.95. The lowest BCUT2D eigenvalue weighted by Crippen LogP contribution is -2.37. The monoisotopic (exact) mass is 317 g/mol. The fraction of sp³-hybridized carbons (Fsp3) is 0.562. The first-order valence-corrected chi connectivity index (χ1v) is 8.10. The van der Waals surface area contributed by atoms with Gasteiger partial charge >= 0.3 is 0 Å². The lowest BCUT2D eigenvalue weighted by atomic mass is 9.91. The van der Waals surface area contributed by atoms with E-state index in [4.69, 9.17) is 4.74 Å². The van der Waals surface area contributed by atoms with Crippen LogP contribution in [-0.4, -0.2) is 38.9 Å². The van der Waals surface area contributed by atoms with Gasteiger partial charge in [0.2, 0.25) is 0 Å². The highest BCUT2D eigenvalue weighted by Gasteiger charge is 2.30. The topological polar surface area (TPSA) is 84.8 Å². The van der Waals surface area contributed by atoms with Crippen LogP contribution in [-0.2, 0) is 11.3 Å². The van der Waals surface area contributed by atoms with Gasteiger partial charge in [-0.3, -0.25) is 9.89 Å². The zero-order valence-corrected chi connectivity index (χ0v) is 13.6. The molecular weight excluding hydrogens is 294 g/mol. The van der Waals surface area contributed by atoms with Crippen LogP contribution in [0, 0.1) is 12.8 Å². The summed E-state index contributed by atoms with van der Waals surface area (Å²) < 4.78 is 7.54. The molecule has 0 aliphatic carbocycles. The SMILES string of the molecule is CCn1ccnc1[C@@H](NC(=O)c1cc(C)[nH]n1)C1CCOCC1. The standard InChI is InChI=1S/C16H23N5O2/c1-3-21-7-6-17-15(21)14(12-4-8-23-9-5-12)18-16(22)13-10-11(2)19-20-13/h6-7,10,12,14H,3-5,8-9H2,1-2H3,(H,18,22)(H,19,20)/t14-/m0/s1. The van der Waals surface area contributed by atoms with Crippen LogP contribution >= 0.6 is 0 Å². The van der Waals surface area contributed by atoms with Crippen LogP contribution in [0.3, 0.4) is 0 Å². The van der Waals surface area contributed by atoms with E-state index in [1.807, 2.05) is 13.1 Å². The van der Waals surface area contributed by atoms with Gasteiger partial charge in [-0.25, -0.2) is 4.98 Å². The number of aromatic nitrogens is 4. The number of hydrogen-bond donors (Lipinski definition) is 2. The van der Waals surface area contributed by atoms with Crippen LogP contribution in [0.25, 0.3) is 0 Å². The number of carbonyl (C=O) groups is 1. The molecule has 7 heteroatoms. The Labute approximate surface area is 135 Å². The molecule has 2 aromatic heterocycles. The third-order valence-corrected chi connectivity index (χ3v) is 4.33. The van der Waals surface area contributed by atoms with E-state index >= 15 is 0 Å². The Morgan fingerprint density at radius 1 is 1.52 bits per heavy atom. The van der Waals surface area contributed by atoms with Gasteiger partial charge in [-0.1, -0.05) is 0 Å². The van der Waals surface area contributed by atoms with Crippen LogP contribution in [0.5, 0.6) is 0 Å². The van der Waals surface area contributed by atoms with Crippen molar-refractivity contribution in [2.45, 2.75) is 39.3 Å². The van der Waals surface area contributed by atoms with Gasteiger partial charge in [-0.2, -0.15) is 5.10 Å². The number of H-pyrrole nitrogens is 1. The first kappa shape index (κ1) is 15.7. The van der Waals surface area contributed by atoms with Crippen molar-refractivity contribution >= 4 is 5.91 Å². The van der Waals surface area contributed by atoms with Crippen molar-refractivity contribution in [3.05, 3.63) is 35.7 Å². The van der Waals surface area contributed by atoms with Crippen LogP contribution < -0.4 is 5.32 Å². The maximum Gasteiger partial charge on any atom is 0.272 e. The van der Waals surface area contributed by atoms with E-state index in [1.165, 1.54) is 0 Å². The molecule has 0 radical (unpaired) electrons. The van der Waals surface area contributed by atoms with Crippen LogP contribution in [0.2, 0.25) is 0 Å². The fourth-order valence-corrected chi connectivity index (χ4v) is 3.06. The Kier molecular flexibility index (Phi) is 4.76. The van der Waals surface area contributed by atoms with Crippen molar-refractivity contribution < 1.29 is 9.53 Å². The predicted molar refractivity (Wildman–Crippen MR) is 85.0 cm³/mol. The van der Waals surface area contributed by atoms with Gasteiger partial charge < -0.3 is 14.6 Å². The summed E-state index contributed by atoms with van der Waals surface area (Å²) in [6.45, 7) is 6.23. The number of nitrogens with zero attached hydrogens (tertiary/aromatic N) is 3. The van der Waals surface area contributed by atoms with E-state index in [-0.39, 0.29) is 11.9 Å². The summed E-state index contributed by atoms with van der Waals surface area (Å²) >= 11 is 0. The van der Waals surface area contributed by atoms with E-state index in [0.717, 1.165) is 44.1 Å². The fourth-order valence-electron chi connectivity index (χ4n) is 3.06. The van der Waals surface area contributed by atoms with E-state index in [0.29, 0.717) is 11.6 Å². The molecule has 0 bridgehead atoms. The third-order valence-electron chi connectivity index (χ3n) is 4.33. The van der Waals surface area contributed by atoms with Crippen LogP contribution in [0.1, 0.15) is 47.8 Å². The molecule has 3 rings (SSSR count). The average molecular weight is 317 g/mol. The smallest absolute Gasteiger partial charge is 0.272 e. The highest BCUT2D eigenvalue weighted by Crippen LogP contribution is 2.29. The number of hydrogen-bond acceptors (Lipinski definition) is 4. The average Bonchev–Trinajstić information content (AvgIpc) is 3.21. The lowest BCUT2D eigenvalue weighted by molar-refractivity contribution is 0.0497. The van der Waals surface area contributed by atoms with Crippen molar-refractivity contribution in [3.63, 3.8) is 0 Å². The molecule has 0 aromatic carbocycles. The molecular formula is C16H23N5O2. The van der Waals surface area contributed by atoms with Gasteiger partial charge in [0.05, 0.1) is 6.04 Å². The minimum Gasteiger partial charge on any atom is -0.381 e. The highest BCUT2D eigenvalue weighted by atomic mass is 16.5. The Morgan fingerprint density at radius 3 is 2.96 bits per heavy atom. The second-order valence-electron chi connectivity index (χ2n) is 5.91. The van der Waals surface area contributed by atoms with E-state index in [2.05, 4.69) is 32.0 Å². The van der Waals surface area contributed by atoms with E-state index in [1.54, 1.807) is 12.3 Å². The summed E-state index contributed by atoms with van der Waals surface area (Å²) in [6, 6.07) is 1.63. The molecule has 1 fully saturated rings. The summed E-state index contributed by atoms with van der Waals surface area (Å²) in [6.07, 6.45) is 5.57. The molecule has 7 nitrogen and oxygen atoms in total. The van der Waals surface area contributed by atoms with E-state index in [9.17, 15) is 4.79 Å². The minimum atomic E-state index is -0.170. The number of imidazole rings is 1. The highest BCUT2D eigenvalue weighted by molar-refractivity contribution is 5.92. The normalized spacial score (nSPS) is 17.1. The molecule has 1 saturated heterocycles. The number of nitrogens with one attached hydrogen (secondary N) is 2. The quantitative estimate of drug-likeness (QED) is 0.881. The first-order valence-electron chi connectivity index (χ1n) is 8.10.